The van der Waals surface area contributed by atoms with Crippen molar-refractivity contribution in [2.75, 3.05) is 26.2 Å². The highest BCUT2D eigenvalue weighted by Crippen LogP contribution is 2.29. The van der Waals surface area contributed by atoms with E-state index in [-0.39, 0.29) is 12.0 Å². The summed E-state index contributed by atoms with van der Waals surface area (Å²) < 4.78 is 5.95. The van der Waals surface area contributed by atoms with E-state index in [1.165, 1.54) is 5.56 Å². The summed E-state index contributed by atoms with van der Waals surface area (Å²) in [5, 5.41) is 4.66. The van der Waals surface area contributed by atoms with Crippen molar-refractivity contribution in [3.63, 3.8) is 0 Å². The van der Waals surface area contributed by atoms with Crippen LogP contribution in [-0.2, 0) is 11.3 Å². The molecule has 3 aromatic rings. The SMILES string of the molecule is O=C(NCC1CN(Cc2ccccc2)CCCO1)c1[nH]c2ccc(Cl)cc2c1Cl. The minimum atomic E-state index is -0.246. The first-order valence-electron chi connectivity index (χ1n) is 9.73. The van der Waals surface area contributed by atoms with Crippen LogP contribution in [0.5, 0.6) is 0 Å². The van der Waals surface area contributed by atoms with Gasteiger partial charge in [-0.05, 0) is 30.2 Å². The molecule has 1 amide bonds. The number of rotatable bonds is 5. The van der Waals surface area contributed by atoms with Crippen LogP contribution in [-0.4, -0.2) is 48.1 Å². The summed E-state index contributed by atoms with van der Waals surface area (Å²) in [7, 11) is 0. The molecule has 1 aliphatic rings. The van der Waals surface area contributed by atoms with Crippen molar-refractivity contribution in [3.8, 4) is 0 Å². The molecule has 1 atom stereocenters. The monoisotopic (exact) mass is 431 g/mol. The summed E-state index contributed by atoms with van der Waals surface area (Å²) in [6.45, 7) is 3.75. The molecule has 2 heterocycles. The van der Waals surface area contributed by atoms with Crippen LogP contribution in [0, 0.1) is 0 Å². The van der Waals surface area contributed by atoms with Gasteiger partial charge in [-0.1, -0.05) is 53.5 Å². The first-order chi connectivity index (χ1) is 14.1. The van der Waals surface area contributed by atoms with E-state index < -0.39 is 0 Å². The fraction of sp³-hybridized carbons (Fsp3) is 0.318. The Morgan fingerprint density at radius 3 is 2.86 bits per heavy atom. The Bertz CT molecular complexity index is 990. The Morgan fingerprint density at radius 1 is 1.21 bits per heavy atom. The van der Waals surface area contributed by atoms with E-state index in [1.807, 2.05) is 12.1 Å². The van der Waals surface area contributed by atoms with Gasteiger partial charge >= 0.3 is 0 Å². The number of hydrogen-bond donors (Lipinski definition) is 2. The van der Waals surface area contributed by atoms with Gasteiger partial charge in [0.25, 0.3) is 5.91 Å². The number of nitrogens with zero attached hydrogens (tertiary/aromatic N) is 1. The van der Waals surface area contributed by atoms with E-state index in [9.17, 15) is 4.79 Å². The van der Waals surface area contributed by atoms with Gasteiger partial charge in [0.15, 0.2) is 0 Å². The second-order valence-corrected chi connectivity index (χ2v) is 8.10. The molecule has 0 radical (unpaired) electrons. The summed E-state index contributed by atoms with van der Waals surface area (Å²) in [6.07, 6.45) is 0.911. The number of fused-ring (bicyclic) bond motifs is 1. The van der Waals surface area contributed by atoms with Crippen LogP contribution in [0.15, 0.2) is 48.5 Å². The Morgan fingerprint density at radius 2 is 2.03 bits per heavy atom. The quantitative estimate of drug-likeness (QED) is 0.625. The molecule has 1 saturated heterocycles. The predicted octanol–water partition coefficient (Wildman–Crippen LogP) is 4.50. The van der Waals surface area contributed by atoms with Crippen molar-refractivity contribution in [3.05, 3.63) is 69.8 Å². The van der Waals surface area contributed by atoms with E-state index in [1.54, 1.807) is 12.1 Å². The molecule has 2 aromatic carbocycles. The number of benzene rings is 2. The smallest absolute Gasteiger partial charge is 0.269 e. The fourth-order valence-electron chi connectivity index (χ4n) is 3.66. The van der Waals surface area contributed by atoms with Crippen LogP contribution in [0.2, 0.25) is 10.0 Å². The Hall–Kier alpha value is -2.05. The molecule has 0 saturated carbocycles. The number of halogens is 2. The highest BCUT2D eigenvalue weighted by atomic mass is 35.5. The van der Waals surface area contributed by atoms with Gasteiger partial charge in [0.05, 0.1) is 11.1 Å². The van der Waals surface area contributed by atoms with Gasteiger partial charge in [-0.3, -0.25) is 9.69 Å². The lowest BCUT2D eigenvalue weighted by Gasteiger charge is -2.24. The molecule has 2 N–H and O–H groups in total. The van der Waals surface area contributed by atoms with Crippen molar-refractivity contribution in [1.82, 2.24) is 15.2 Å². The molecule has 1 unspecified atom stereocenters. The number of carbonyl (C=O) groups excluding carboxylic acids is 1. The summed E-state index contributed by atoms with van der Waals surface area (Å²) in [6, 6.07) is 15.7. The summed E-state index contributed by atoms with van der Waals surface area (Å²) in [5.41, 5.74) is 2.41. The molecular weight excluding hydrogens is 409 g/mol. The number of nitrogens with one attached hydrogen (secondary N) is 2. The van der Waals surface area contributed by atoms with Gasteiger partial charge in [-0.25, -0.2) is 0 Å². The largest absolute Gasteiger partial charge is 0.375 e. The van der Waals surface area contributed by atoms with Gasteiger partial charge in [0, 0.05) is 48.7 Å². The summed E-state index contributed by atoms with van der Waals surface area (Å²) in [4.78, 5) is 18.1. The zero-order chi connectivity index (χ0) is 20.2. The van der Waals surface area contributed by atoms with E-state index in [2.05, 4.69) is 39.5 Å². The molecule has 1 aliphatic heterocycles. The average Bonchev–Trinajstić information content (AvgIpc) is 2.90. The maximum atomic E-state index is 12.7. The number of amides is 1. The van der Waals surface area contributed by atoms with E-state index in [0.29, 0.717) is 28.9 Å². The first-order valence-corrected chi connectivity index (χ1v) is 10.5. The van der Waals surface area contributed by atoms with Crippen LogP contribution in [0.1, 0.15) is 22.5 Å². The van der Waals surface area contributed by atoms with Crippen molar-refractivity contribution in [1.29, 1.82) is 0 Å². The molecule has 1 fully saturated rings. The molecule has 4 rings (SSSR count). The van der Waals surface area contributed by atoms with Crippen LogP contribution < -0.4 is 5.32 Å². The van der Waals surface area contributed by atoms with E-state index in [4.69, 9.17) is 27.9 Å². The first kappa shape index (κ1) is 20.2. The zero-order valence-electron chi connectivity index (χ0n) is 16.0. The van der Waals surface area contributed by atoms with Gasteiger partial charge in [0.1, 0.15) is 5.69 Å². The molecule has 0 spiro atoms. The normalized spacial score (nSPS) is 17.9. The number of H-pyrrole nitrogens is 1. The lowest BCUT2D eigenvalue weighted by atomic mass is 10.2. The van der Waals surface area contributed by atoms with Crippen molar-refractivity contribution >= 4 is 40.0 Å². The molecule has 0 bridgehead atoms. The van der Waals surface area contributed by atoms with Crippen LogP contribution in [0.4, 0.5) is 0 Å². The topological polar surface area (TPSA) is 57.4 Å². The minimum Gasteiger partial charge on any atom is -0.375 e. The van der Waals surface area contributed by atoms with Crippen LogP contribution in [0.25, 0.3) is 10.9 Å². The minimum absolute atomic E-state index is 0.0669. The Balaban J connectivity index is 1.38. The highest BCUT2D eigenvalue weighted by Gasteiger charge is 2.22. The van der Waals surface area contributed by atoms with Gasteiger partial charge in [0.2, 0.25) is 0 Å². The molecule has 0 aliphatic carbocycles. The third-order valence-electron chi connectivity index (χ3n) is 5.10. The third kappa shape index (κ3) is 4.93. The van der Waals surface area contributed by atoms with Gasteiger partial charge in [-0.2, -0.15) is 0 Å². The molecule has 1 aromatic heterocycles. The molecule has 5 nitrogen and oxygen atoms in total. The predicted molar refractivity (Wildman–Crippen MR) is 117 cm³/mol. The lowest BCUT2D eigenvalue weighted by molar-refractivity contribution is 0.0510. The van der Waals surface area contributed by atoms with Crippen molar-refractivity contribution < 1.29 is 9.53 Å². The Kier molecular flexibility index (Phi) is 6.40. The number of aromatic nitrogens is 1. The van der Waals surface area contributed by atoms with E-state index >= 15 is 0 Å². The van der Waals surface area contributed by atoms with E-state index in [0.717, 1.165) is 37.0 Å². The summed E-state index contributed by atoms with van der Waals surface area (Å²) in [5.74, 6) is -0.246. The zero-order valence-corrected chi connectivity index (χ0v) is 17.5. The second-order valence-electron chi connectivity index (χ2n) is 7.28. The maximum absolute atomic E-state index is 12.7. The van der Waals surface area contributed by atoms with Crippen LogP contribution >= 0.6 is 23.2 Å². The lowest BCUT2D eigenvalue weighted by Crippen LogP contribution is -2.40. The average molecular weight is 432 g/mol. The molecular formula is C22H23Cl2N3O2. The molecule has 29 heavy (non-hydrogen) atoms. The van der Waals surface area contributed by atoms with Crippen molar-refractivity contribution in [2.24, 2.45) is 0 Å². The van der Waals surface area contributed by atoms with Gasteiger partial charge < -0.3 is 15.0 Å². The fourth-order valence-corrected chi connectivity index (χ4v) is 4.12. The number of ether oxygens (including phenoxy) is 1. The molecule has 7 heteroatoms. The number of aromatic amines is 1. The van der Waals surface area contributed by atoms with Crippen molar-refractivity contribution in [2.45, 2.75) is 19.1 Å². The van der Waals surface area contributed by atoms with Crippen LogP contribution in [0.3, 0.4) is 0 Å². The van der Waals surface area contributed by atoms with Gasteiger partial charge in [-0.15, -0.1) is 0 Å². The third-order valence-corrected chi connectivity index (χ3v) is 5.73. The Labute approximate surface area is 179 Å². The maximum Gasteiger partial charge on any atom is 0.269 e. The molecule has 152 valence electrons. The summed E-state index contributed by atoms with van der Waals surface area (Å²) >= 11 is 12.4. The number of hydrogen-bond acceptors (Lipinski definition) is 3. The number of carbonyl (C=O) groups is 1. The standard InChI is InChI=1S/C22H23Cl2N3O2/c23-16-7-8-19-18(11-16)20(24)21(26-19)22(28)25-12-17-14-27(9-4-10-29-17)13-15-5-2-1-3-6-15/h1-3,5-8,11,17,26H,4,9-10,12-14H2,(H,25,28). The second kappa shape index (κ2) is 9.18. The highest BCUT2D eigenvalue weighted by molar-refractivity contribution is 6.39.